The number of urea groups is 1. The average Bonchev–Trinajstić information content (AvgIpc) is 2.81. The zero-order valence-electron chi connectivity index (χ0n) is 14.6. The molecule has 140 valence electrons. The minimum atomic E-state index is -0.894. The predicted molar refractivity (Wildman–Crippen MR) is 93.0 cm³/mol. The summed E-state index contributed by atoms with van der Waals surface area (Å²) in [4.78, 5) is 51.5. The third kappa shape index (κ3) is 4.59. The van der Waals surface area contributed by atoms with Crippen molar-refractivity contribution < 1.29 is 23.9 Å². The lowest BCUT2D eigenvalue weighted by atomic mass is 10.2. The molecule has 26 heavy (non-hydrogen) atoms. The molecule has 1 fully saturated rings. The summed E-state index contributed by atoms with van der Waals surface area (Å²) in [6, 6.07) is 6.27. The van der Waals surface area contributed by atoms with Crippen LogP contribution >= 0.6 is 11.6 Å². The van der Waals surface area contributed by atoms with Gasteiger partial charge in [-0.05, 0) is 24.1 Å². The normalized spacial score (nSPS) is 14.5. The van der Waals surface area contributed by atoms with Crippen molar-refractivity contribution in [2.45, 2.75) is 19.9 Å². The first-order valence-electron chi connectivity index (χ1n) is 8.08. The highest BCUT2D eigenvalue weighted by molar-refractivity contribution is 6.44. The topological polar surface area (TPSA) is 87.2 Å². The van der Waals surface area contributed by atoms with E-state index in [0.717, 1.165) is 15.4 Å². The van der Waals surface area contributed by atoms with Crippen molar-refractivity contribution in [3.8, 4) is 0 Å². The largest absolute Gasteiger partial charge is 0.468 e. The number of esters is 1. The smallest absolute Gasteiger partial charge is 0.335 e. The third-order valence-electron chi connectivity index (χ3n) is 3.82. The average molecular weight is 382 g/mol. The second kappa shape index (κ2) is 8.77. The molecule has 0 bridgehead atoms. The molecule has 1 aliphatic rings. The van der Waals surface area contributed by atoms with Gasteiger partial charge in [-0.1, -0.05) is 30.7 Å². The zero-order valence-corrected chi connectivity index (χ0v) is 15.4. The maximum absolute atomic E-state index is 12.4. The molecule has 0 aromatic heterocycles. The highest BCUT2D eigenvalue weighted by atomic mass is 35.5. The van der Waals surface area contributed by atoms with Gasteiger partial charge in [-0.3, -0.25) is 24.2 Å². The van der Waals surface area contributed by atoms with Crippen LogP contribution in [0.1, 0.15) is 18.9 Å². The van der Waals surface area contributed by atoms with Crippen LogP contribution in [0, 0.1) is 0 Å². The molecule has 0 N–H and O–H groups in total. The Balaban J connectivity index is 2.16. The molecule has 0 unspecified atom stereocenters. The van der Waals surface area contributed by atoms with E-state index in [1.54, 1.807) is 36.1 Å². The highest BCUT2D eigenvalue weighted by Crippen LogP contribution is 2.16. The molecule has 9 heteroatoms. The number of methoxy groups -OCH3 is 1. The fourth-order valence-corrected chi connectivity index (χ4v) is 2.67. The van der Waals surface area contributed by atoms with Crippen LogP contribution in [0.15, 0.2) is 24.3 Å². The Morgan fingerprint density at radius 1 is 1.12 bits per heavy atom. The lowest BCUT2D eigenvalue weighted by molar-refractivity contribution is -0.145. The molecule has 1 aliphatic heterocycles. The van der Waals surface area contributed by atoms with Crippen molar-refractivity contribution >= 4 is 35.4 Å². The number of ether oxygens (including phenoxy) is 1. The Bertz CT molecular complexity index is 707. The van der Waals surface area contributed by atoms with Gasteiger partial charge in [0.05, 0.1) is 20.3 Å². The van der Waals surface area contributed by atoms with Gasteiger partial charge in [0.2, 0.25) is 0 Å². The van der Waals surface area contributed by atoms with Crippen LogP contribution in [0.3, 0.4) is 0 Å². The quantitative estimate of drug-likeness (QED) is 0.385. The Morgan fingerprint density at radius 2 is 1.73 bits per heavy atom. The fourth-order valence-electron chi connectivity index (χ4n) is 2.55. The zero-order chi connectivity index (χ0) is 19.3. The molecule has 0 atom stereocenters. The molecule has 1 heterocycles. The Morgan fingerprint density at radius 3 is 2.31 bits per heavy atom. The van der Waals surface area contributed by atoms with Gasteiger partial charge in [-0.25, -0.2) is 9.69 Å². The van der Waals surface area contributed by atoms with E-state index in [-0.39, 0.29) is 26.3 Å². The molecule has 4 amide bonds. The number of carbonyl (C=O) groups is 4. The standard InChI is InChI=1S/C17H20ClN3O5/c1-3-8-20-15(23)16(24)21(17(20)25)11-19(10-14(22)26-2)9-12-4-6-13(18)7-5-12/h4-7H,3,8-11H2,1-2H3. The fraction of sp³-hybridized carbons (Fsp3) is 0.412. The second-order valence-electron chi connectivity index (χ2n) is 5.80. The lowest BCUT2D eigenvalue weighted by Gasteiger charge is -2.25. The molecule has 0 spiro atoms. The summed E-state index contributed by atoms with van der Waals surface area (Å²) in [7, 11) is 1.25. The number of benzene rings is 1. The van der Waals surface area contributed by atoms with Gasteiger partial charge in [-0.15, -0.1) is 0 Å². The molecule has 0 radical (unpaired) electrons. The van der Waals surface area contributed by atoms with Crippen LogP contribution in [0.5, 0.6) is 0 Å². The van der Waals surface area contributed by atoms with E-state index < -0.39 is 23.8 Å². The van der Waals surface area contributed by atoms with Crippen molar-refractivity contribution in [2.75, 3.05) is 26.9 Å². The number of halogens is 1. The van der Waals surface area contributed by atoms with Gasteiger partial charge >= 0.3 is 23.8 Å². The summed E-state index contributed by atoms with van der Waals surface area (Å²) in [6.07, 6.45) is 0.551. The first-order valence-corrected chi connectivity index (χ1v) is 8.46. The maximum Gasteiger partial charge on any atom is 0.335 e. The van der Waals surface area contributed by atoms with E-state index in [4.69, 9.17) is 11.6 Å². The summed E-state index contributed by atoms with van der Waals surface area (Å²) in [6.45, 7) is 1.91. The lowest BCUT2D eigenvalue weighted by Crippen LogP contribution is -2.44. The number of rotatable bonds is 8. The van der Waals surface area contributed by atoms with E-state index in [2.05, 4.69) is 4.74 Å². The first kappa shape index (κ1) is 19.9. The summed E-state index contributed by atoms with van der Waals surface area (Å²) in [5, 5.41) is 0.568. The molecule has 8 nitrogen and oxygen atoms in total. The van der Waals surface area contributed by atoms with E-state index in [1.807, 2.05) is 0 Å². The van der Waals surface area contributed by atoms with Crippen LogP contribution in [0.25, 0.3) is 0 Å². The first-order chi connectivity index (χ1) is 12.4. The Labute approximate surface area is 156 Å². The van der Waals surface area contributed by atoms with Gasteiger partial charge in [0.1, 0.15) is 0 Å². The van der Waals surface area contributed by atoms with E-state index in [0.29, 0.717) is 11.4 Å². The summed E-state index contributed by atoms with van der Waals surface area (Å²) in [5.74, 6) is -2.26. The predicted octanol–water partition coefficient (Wildman–Crippen LogP) is 1.47. The van der Waals surface area contributed by atoms with Gasteiger partial charge in [0, 0.05) is 18.1 Å². The monoisotopic (exact) mass is 381 g/mol. The Kier molecular flexibility index (Phi) is 6.70. The van der Waals surface area contributed by atoms with Gasteiger partial charge < -0.3 is 4.74 Å². The van der Waals surface area contributed by atoms with Crippen molar-refractivity contribution in [1.82, 2.24) is 14.7 Å². The van der Waals surface area contributed by atoms with Crippen molar-refractivity contribution in [3.05, 3.63) is 34.9 Å². The minimum Gasteiger partial charge on any atom is -0.468 e. The summed E-state index contributed by atoms with van der Waals surface area (Å²) < 4.78 is 4.67. The Hall–Kier alpha value is -2.45. The number of hydrogen-bond donors (Lipinski definition) is 0. The maximum atomic E-state index is 12.4. The molecule has 2 rings (SSSR count). The third-order valence-corrected chi connectivity index (χ3v) is 4.08. The van der Waals surface area contributed by atoms with Gasteiger partial charge in [0.25, 0.3) is 0 Å². The molecule has 1 aromatic carbocycles. The number of nitrogens with zero attached hydrogens (tertiary/aromatic N) is 3. The van der Waals surface area contributed by atoms with Crippen molar-refractivity contribution in [3.63, 3.8) is 0 Å². The summed E-state index contributed by atoms with van der Waals surface area (Å²) in [5.41, 5.74) is 0.828. The molecule has 0 saturated carbocycles. The van der Waals surface area contributed by atoms with Gasteiger partial charge in [-0.2, -0.15) is 0 Å². The SMILES string of the molecule is CCCN1C(=O)C(=O)N(CN(CC(=O)OC)Cc2ccc(Cl)cc2)C1=O. The second-order valence-corrected chi connectivity index (χ2v) is 6.24. The van der Waals surface area contributed by atoms with Crippen LogP contribution in [-0.4, -0.2) is 65.4 Å². The number of hydrogen-bond acceptors (Lipinski definition) is 6. The van der Waals surface area contributed by atoms with Crippen molar-refractivity contribution in [2.24, 2.45) is 0 Å². The highest BCUT2D eigenvalue weighted by Gasteiger charge is 2.44. The number of carbonyl (C=O) groups excluding carboxylic acids is 4. The van der Waals surface area contributed by atoms with Crippen LogP contribution in [0.2, 0.25) is 5.02 Å². The van der Waals surface area contributed by atoms with Crippen LogP contribution in [-0.2, 0) is 25.7 Å². The van der Waals surface area contributed by atoms with Crippen molar-refractivity contribution in [1.29, 1.82) is 0 Å². The number of amides is 4. The molecular formula is C17H20ClN3O5. The van der Waals surface area contributed by atoms with E-state index in [9.17, 15) is 19.2 Å². The van der Waals surface area contributed by atoms with Crippen LogP contribution < -0.4 is 0 Å². The molecule has 1 saturated heterocycles. The van der Waals surface area contributed by atoms with E-state index >= 15 is 0 Å². The number of imide groups is 2. The molecular weight excluding hydrogens is 362 g/mol. The van der Waals surface area contributed by atoms with Crippen LogP contribution in [0.4, 0.5) is 4.79 Å². The molecule has 0 aliphatic carbocycles. The molecule has 1 aromatic rings. The summed E-state index contributed by atoms with van der Waals surface area (Å²) >= 11 is 5.86. The van der Waals surface area contributed by atoms with E-state index in [1.165, 1.54) is 7.11 Å². The van der Waals surface area contributed by atoms with Gasteiger partial charge in [0.15, 0.2) is 0 Å². The minimum absolute atomic E-state index is 0.141.